The third-order valence-electron chi connectivity index (χ3n) is 11.0. The molecule has 2 aliphatic heterocycles. The molecule has 0 spiro atoms. The highest BCUT2D eigenvalue weighted by molar-refractivity contribution is 8.00. The third kappa shape index (κ3) is 32.9. The summed E-state index contributed by atoms with van der Waals surface area (Å²) in [5, 5.41) is 32.2. The summed E-state index contributed by atoms with van der Waals surface area (Å²) in [5.74, 6) is -1.13. The quantitative estimate of drug-likeness (QED) is 0.0314. The molecule has 21 nitrogen and oxygen atoms in total. The van der Waals surface area contributed by atoms with Crippen molar-refractivity contribution < 1.29 is 62.4 Å². The zero-order valence-corrected chi connectivity index (χ0v) is 42.3. The molecule has 0 bridgehead atoms. The van der Waals surface area contributed by atoms with E-state index in [1.54, 1.807) is 20.8 Å². The van der Waals surface area contributed by atoms with Gasteiger partial charge >= 0.3 is 18.1 Å². The van der Waals surface area contributed by atoms with Crippen molar-refractivity contribution in [2.45, 2.75) is 172 Å². The van der Waals surface area contributed by atoms with Crippen LogP contribution in [0.25, 0.3) is 0 Å². The SMILES string of the molecule is CC(C)(C)OC(=O)NCCCCCC(=O)NCCCCCC(=O)NCCCC[C@H](NC(=O)CCC(=O)O)C(=O)NCCCOCCOCCOCCCNC(=O)CCCC[C@@H]1SC[C@@H]2NC(=O)N[C@@H]21. The van der Waals surface area contributed by atoms with Crippen LogP contribution in [-0.2, 0) is 47.7 Å². The zero-order valence-electron chi connectivity index (χ0n) is 41.5. The summed E-state index contributed by atoms with van der Waals surface area (Å²) >= 11 is 1.88. The first-order valence-corrected chi connectivity index (χ1v) is 26.2. The van der Waals surface area contributed by atoms with Crippen LogP contribution in [0.1, 0.15) is 143 Å². The Hall–Kier alpha value is -4.41. The standard InChI is InChI=1S/C47H84N8O13S/c1-47(2,3)68-46(64)52-25-12-5-7-19-38(56)48-23-11-4-6-18-39(57)49-24-13-10-16-35(53-41(59)21-22-42(60)61)44(62)51-27-15-29-66-31-33-67-32-30-65-28-14-26-50-40(58)20-9-8-17-37-43-36(34-69-37)54-45(63)55-43/h35-37,43H,4-34H2,1-3H3,(H,48,56)(H,49,57)(H,50,58)(H,51,62)(H,52,64)(H,53,59)(H,60,61)(H2,54,55,63)/t35-,36-,37-,43-/m0/s1. The highest BCUT2D eigenvalue weighted by Crippen LogP contribution is 2.33. The highest BCUT2D eigenvalue weighted by atomic mass is 32.2. The Balaban J connectivity index is 1.42. The minimum atomic E-state index is -1.11. The van der Waals surface area contributed by atoms with E-state index < -0.39 is 29.6 Å². The van der Waals surface area contributed by atoms with Crippen molar-refractivity contribution >= 4 is 59.4 Å². The second-order valence-corrected chi connectivity index (χ2v) is 19.6. The molecule has 2 saturated heterocycles. The zero-order chi connectivity index (χ0) is 50.5. The number of urea groups is 1. The monoisotopic (exact) mass is 1000 g/mol. The second kappa shape index (κ2) is 37.4. The van der Waals surface area contributed by atoms with Gasteiger partial charge in [0, 0.05) is 82.6 Å². The molecule has 0 aromatic heterocycles. The molecule has 69 heavy (non-hydrogen) atoms. The van der Waals surface area contributed by atoms with Gasteiger partial charge in [-0.05, 0) is 91.4 Å². The number of aliphatic carboxylic acids is 1. The van der Waals surface area contributed by atoms with Crippen LogP contribution >= 0.6 is 11.8 Å². The van der Waals surface area contributed by atoms with Crippen molar-refractivity contribution in [1.82, 2.24) is 42.5 Å². The number of thioether (sulfide) groups is 1. The van der Waals surface area contributed by atoms with Gasteiger partial charge in [0.05, 0.1) is 44.9 Å². The molecule has 8 amide bonds. The van der Waals surface area contributed by atoms with Crippen LogP contribution in [0.5, 0.6) is 0 Å². The van der Waals surface area contributed by atoms with E-state index in [9.17, 15) is 38.4 Å². The Morgan fingerprint density at radius 2 is 1.10 bits per heavy atom. The van der Waals surface area contributed by atoms with Crippen LogP contribution in [-0.4, -0.2) is 160 Å². The fourth-order valence-electron chi connectivity index (χ4n) is 7.36. The minimum Gasteiger partial charge on any atom is -0.481 e. The second-order valence-electron chi connectivity index (χ2n) is 18.3. The van der Waals surface area contributed by atoms with Crippen molar-refractivity contribution in [3.8, 4) is 0 Å². The number of fused-ring (bicyclic) bond motifs is 1. The maximum absolute atomic E-state index is 13.0. The van der Waals surface area contributed by atoms with Gasteiger partial charge in [-0.1, -0.05) is 19.3 Å². The molecular formula is C47H84N8O13S. The lowest BCUT2D eigenvalue weighted by Crippen LogP contribution is -2.47. The van der Waals surface area contributed by atoms with E-state index in [2.05, 4.69) is 42.5 Å². The van der Waals surface area contributed by atoms with Crippen molar-refractivity contribution in [3.05, 3.63) is 0 Å². The number of carboxylic acids is 1. The van der Waals surface area contributed by atoms with Gasteiger partial charge in [-0.15, -0.1) is 0 Å². The fourth-order valence-corrected chi connectivity index (χ4v) is 8.90. The number of hydrogen-bond donors (Lipinski definition) is 9. The maximum atomic E-state index is 13.0. The van der Waals surface area contributed by atoms with E-state index in [1.807, 2.05) is 11.8 Å². The molecule has 0 aromatic rings. The molecule has 0 saturated carbocycles. The van der Waals surface area contributed by atoms with E-state index in [4.69, 9.17) is 24.1 Å². The minimum absolute atomic E-state index is 0.0142. The van der Waals surface area contributed by atoms with E-state index in [0.29, 0.717) is 135 Å². The van der Waals surface area contributed by atoms with Crippen molar-refractivity contribution in [2.75, 3.05) is 78.1 Å². The number of ether oxygens (including phenoxy) is 4. The normalized spacial score (nSPS) is 16.6. The summed E-state index contributed by atoms with van der Waals surface area (Å²) in [6, 6.07) is -0.510. The van der Waals surface area contributed by atoms with Crippen molar-refractivity contribution in [3.63, 3.8) is 0 Å². The van der Waals surface area contributed by atoms with Gasteiger partial charge in [0.1, 0.15) is 11.6 Å². The van der Waals surface area contributed by atoms with Gasteiger partial charge in [0.15, 0.2) is 0 Å². The largest absolute Gasteiger partial charge is 0.481 e. The molecule has 2 heterocycles. The van der Waals surface area contributed by atoms with Gasteiger partial charge in [0.2, 0.25) is 29.5 Å². The van der Waals surface area contributed by atoms with Gasteiger partial charge in [-0.25, -0.2) is 9.59 Å². The summed E-state index contributed by atoms with van der Waals surface area (Å²) < 4.78 is 21.9. The average molecular weight is 1000 g/mol. The summed E-state index contributed by atoms with van der Waals surface area (Å²) in [7, 11) is 0. The molecule has 4 atom stereocenters. The Labute approximate surface area is 413 Å². The van der Waals surface area contributed by atoms with Crippen LogP contribution < -0.4 is 42.5 Å². The summed E-state index contributed by atoms with van der Waals surface area (Å²) in [4.78, 5) is 96.0. The smallest absolute Gasteiger partial charge is 0.407 e. The molecule has 0 aromatic carbocycles. The number of alkyl carbamates (subject to hydrolysis) is 1. The molecule has 9 N–H and O–H groups in total. The number of amides is 8. The molecule has 2 rings (SSSR count). The van der Waals surface area contributed by atoms with E-state index in [-0.39, 0.29) is 54.6 Å². The number of rotatable bonds is 41. The van der Waals surface area contributed by atoms with Crippen LogP contribution in [0, 0.1) is 0 Å². The summed E-state index contributed by atoms with van der Waals surface area (Å²) in [5.41, 5.74) is -0.538. The van der Waals surface area contributed by atoms with Gasteiger partial charge in [0.25, 0.3) is 0 Å². The summed E-state index contributed by atoms with van der Waals surface area (Å²) in [6.07, 6.45) is 10.2. The number of unbranched alkanes of at least 4 members (excludes halogenated alkanes) is 6. The Morgan fingerprint density at radius 1 is 0.594 bits per heavy atom. The Bertz CT molecular complexity index is 1540. The predicted molar refractivity (Wildman–Crippen MR) is 262 cm³/mol. The van der Waals surface area contributed by atoms with Crippen LogP contribution in [0.4, 0.5) is 9.59 Å². The topological polar surface area (TPSA) is 290 Å². The van der Waals surface area contributed by atoms with Gasteiger partial charge < -0.3 is 66.6 Å². The lowest BCUT2D eigenvalue weighted by atomic mass is 10.0. The molecule has 0 radical (unpaired) electrons. The van der Waals surface area contributed by atoms with Crippen LogP contribution in [0.2, 0.25) is 0 Å². The van der Waals surface area contributed by atoms with Crippen molar-refractivity contribution in [1.29, 1.82) is 0 Å². The third-order valence-corrected chi connectivity index (χ3v) is 12.5. The first-order valence-electron chi connectivity index (χ1n) is 25.1. The number of carbonyl (C=O) groups excluding carboxylic acids is 7. The first kappa shape index (κ1) is 60.7. The molecular weight excluding hydrogens is 917 g/mol. The lowest BCUT2D eigenvalue weighted by Gasteiger charge is -2.19. The van der Waals surface area contributed by atoms with Gasteiger partial charge in [-0.3, -0.25) is 28.8 Å². The Morgan fingerprint density at radius 3 is 1.67 bits per heavy atom. The molecule has 2 fully saturated rings. The maximum Gasteiger partial charge on any atom is 0.407 e. The number of hydrogen-bond acceptors (Lipinski definition) is 13. The number of nitrogens with one attached hydrogen (secondary N) is 8. The lowest BCUT2D eigenvalue weighted by molar-refractivity contribution is -0.139. The summed E-state index contributed by atoms with van der Waals surface area (Å²) in [6.45, 7) is 10.2. The van der Waals surface area contributed by atoms with E-state index in [1.165, 1.54) is 0 Å². The predicted octanol–water partition coefficient (Wildman–Crippen LogP) is 3.17. The molecule has 22 heteroatoms. The highest BCUT2D eigenvalue weighted by Gasteiger charge is 2.42. The molecule has 396 valence electrons. The first-order chi connectivity index (χ1) is 33.1. The number of carboxylic acid groups (broad SMARTS) is 1. The fraction of sp³-hybridized carbons (Fsp3) is 0.830. The Kier molecular flexibility index (Phi) is 32.9. The molecule has 0 aliphatic carbocycles. The number of carbonyl (C=O) groups is 8. The molecule has 0 unspecified atom stereocenters. The molecule has 2 aliphatic rings. The van der Waals surface area contributed by atoms with Crippen molar-refractivity contribution in [2.24, 2.45) is 0 Å². The van der Waals surface area contributed by atoms with E-state index in [0.717, 1.165) is 57.1 Å². The van der Waals surface area contributed by atoms with Crippen LogP contribution in [0.3, 0.4) is 0 Å². The van der Waals surface area contributed by atoms with Gasteiger partial charge in [-0.2, -0.15) is 11.8 Å². The van der Waals surface area contributed by atoms with Crippen LogP contribution in [0.15, 0.2) is 0 Å². The van der Waals surface area contributed by atoms with E-state index >= 15 is 0 Å². The average Bonchev–Trinajstić information content (AvgIpc) is 3.85.